The van der Waals surface area contributed by atoms with Crippen molar-refractivity contribution in [2.24, 2.45) is 0 Å². The lowest BCUT2D eigenvalue weighted by Gasteiger charge is -2.32. The summed E-state index contributed by atoms with van der Waals surface area (Å²) in [7, 11) is 3.33. The molecule has 3 aromatic rings. The maximum atomic E-state index is 5.54. The summed E-state index contributed by atoms with van der Waals surface area (Å²) in [6, 6.07) is 12.8. The summed E-state index contributed by atoms with van der Waals surface area (Å²) in [5, 5.41) is 6.06. The van der Waals surface area contributed by atoms with Crippen molar-refractivity contribution in [1.29, 1.82) is 0 Å². The van der Waals surface area contributed by atoms with Crippen molar-refractivity contribution in [3.05, 3.63) is 36.4 Å². The molecule has 4 rings (SSSR count). The van der Waals surface area contributed by atoms with Crippen LogP contribution in [0.3, 0.4) is 0 Å². The Bertz CT molecular complexity index is 949. The van der Waals surface area contributed by atoms with E-state index in [4.69, 9.17) is 14.5 Å². The number of nitrogens with zero attached hydrogens (tertiary/aromatic N) is 2. The Labute approximate surface area is 160 Å². The predicted octanol–water partition coefficient (Wildman–Crippen LogP) is 4.30. The number of nitrogens with one attached hydrogen (secondary N) is 1. The number of piperidine rings is 1. The Morgan fingerprint density at radius 3 is 2.41 bits per heavy atom. The zero-order valence-corrected chi connectivity index (χ0v) is 16.3. The van der Waals surface area contributed by atoms with Gasteiger partial charge in [-0.3, -0.25) is 0 Å². The van der Waals surface area contributed by atoms with Gasteiger partial charge in [0.15, 0.2) is 11.5 Å². The molecular formula is C22H27N3O2. The van der Waals surface area contributed by atoms with Crippen molar-refractivity contribution in [3.8, 4) is 11.5 Å². The fourth-order valence-electron chi connectivity index (χ4n) is 3.97. The highest BCUT2D eigenvalue weighted by molar-refractivity contribution is 6.08. The molecule has 0 radical (unpaired) electrons. The third kappa shape index (κ3) is 3.39. The third-order valence-electron chi connectivity index (χ3n) is 5.57. The van der Waals surface area contributed by atoms with Crippen molar-refractivity contribution in [2.45, 2.75) is 25.8 Å². The van der Waals surface area contributed by atoms with Gasteiger partial charge in [0.2, 0.25) is 0 Å². The van der Waals surface area contributed by atoms with E-state index in [2.05, 4.69) is 35.3 Å². The van der Waals surface area contributed by atoms with Gasteiger partial charge in [0.1, 0.15) is 0 Å². The summed E-state index contributed by atoms with van der Waals surface area (Å²) in [4.78, 5) is 7.37. The summed E-state index contributed by atoms with van der Waals surface area (Å²) in [5.74, 6) is 1.43. The van der Waals surface area contributed by atoms with Crippen LogP contribution in [-0.2, 0) is 0 Å². The Morgan fingerprint density at radius 1 is 1.00 bits per heavy atom. The molecule has 2 heterocycles. The Hall–Kier alpha value is -2.53. The number of hydrogen-bond acceptors (Lipinski definition) is 5. The molecule has 0 atom stereocenters. The van der Waals surface area contributed by atoms with Crippen LogP contribution in [-0.4, -0.2) is 49.8 Å². The fourth-order valence-corrected chi connectivity index (χ4v) is 3.97. The van der Waals surface area contributed by atoms with Crippen LogP contribution in [0, 0.1) is 0 Å². The van der Waals surface area contributed by atoms with E-state index in [0.29, 0.717) is 11.8 Å². The second-order valence-corrected chi connectivity index (χ2v) is 7.08. The normalized spacial score (nSPS) is 16.0. The van der Waals surface area contributed by atoms with Crippen molar-refractivity contribution in [1.82, 2.24) is 9.88 Å². The number of methoxy groups -OCH3 is 2. The second kappa shape index (κ2) is 7.61. The predicted molar refractivity (Wildman–Crippen MR) is 111 cm³/mol. The van der Waals surface area contributed by atoms with E-state index in [-0.39, 0.29) is 0 Å². The largest absolute Gasteiger partial charge is 0.493 e. The van der Waals surface area contributed by atoms with Gasteiger partial charge in [0, 0.05) is 36.0 Å². The zero-order valence-electron chi connectivity index (χ0n) is 16.3. The Balaban J connectivity index is 1.82. The number of benzene rings is 2. The van der Waals surface area contributed by atoms with Gasteiger partial charge in [0.25, 0.3) is 0 Å². The molecule has 0 amide bonds. The third-order valence-corrected chi connectivity index (χ3v) is 5.57. The van der Waals surface area contributed by atoms with Gasteiger partial charge in [-0.05, 0) is 31.5 Å². The summed E-state index contributed by atoms with van der Waals surface area (Å²) < 4.78 is 11.0. The van der Waals surface area contributed by atoms with Crippen LogP contribution < -0.4 is 14.8 Å². The number of anilines is 1. The van der Waals surface area contributed by atoms with Crippen LogP contribution in [0.2, 0.25) is 0 Å². The first kappa shape index (κ1) is 17.9. The van der Waals surface area contributed by atoms with E-state index < -0.39 is 0 Å². The number of likely N-dealkylation sites (tertiary alicyclic amines) is 1. The van der Waals surface area contributed by atoms with Crippen LogP contribution in [0.5, 0.6) is 11.5 Å². The topological polar surface area (TPSA) is 46.6 Å². The van der Waals surface area contributed by atoms with E-state index in [1.54, 1.807) is 14.2 Å². The molecule has 1 saturated heterocycles. The number of aromatic nitrogens is 1. The first-order valence-electron chi connectivity index (χ1n) is 9.66. The second-order valence-electron chi connectivity index (χ2n) is 7.08. The Morgan fingerprint density at radius 2 is 1.70 bits per heavy atom. The molecule has 1 aliphatic rings. The van der Waals surface area contributed by atoms with E-state index in [9.17, 15) is 0 Å². The van der Waals surface area contributed by atoms with Gasteiger partial charge < -0.3 is 19.7 Å². The van der Waals surface area contributed by atoms with Crippen LogP contribution in [0.4, 0.5) is 5.69 Å². The van der Waals surface area contributed by atoms with Crippen LogP contribution >= 0.6 is 0 Å². The fraction of sp³-hybridized carbons (Fsp3) is 0.409. The summed E-state index contributed by atoms with van der Waals surface area (Å²) in [5.41, 5.74) is 3.05. The summed E-state index contributed by atoms with van der Waals surface area (Å²) in [6.45, 7) is 5.65. The van der Waals surface area contributed by atoms with E-state index in [0.717, 1.165) is 65.7 Å². The minimum absolute atomic E-state index is 0.468. The molecule has 27 heavy (non-hydrogen) atoms. The number of fused-ring (bicyclic) bond motifs is 2. The lowest BCUT2D eigenvalue weighted by Crippen LogP contribution is -2.38. The number of para-hydroxylation sites is 1. The molecular weight excluding hydrogens is 338 g/mol. The van der Waals surface area contributed by atoms with Crippen molar-refractivity contribution >= 4 is 27.5 Å². The van der Waals surface area contributed by atoms with Crippen molar-refractivity contribution in [2.75, 3.05) is 39.2 Å². The molecule has 0 unspecified atom stereocenters. The first-order valence-corrected chi connectivity index (χ1v) is 9.66. The standard InChI is InChI=1S/C22H27N3O2/c1-4-25-11-9-15(10-12-25)23-22-16-7-5-6-8-18(16)24-19-14-21(27-3)20(26-2)13-17(19)22/h5-8,13-15H,4,9-12H2,1-3H3,(H,23,24). The van der Waals surface area contributed by atoms with E-state index >= 15 is 0 Å². The van der Waals surface area contributed by atoms with E-state index in [1.807, 2.05) is 18.2 Å². The molecule has 1 aromatic heterocycles. The minimum Gasteiger partial charge on any atom is -0.493 e. The van der Waals surface area contributed by atoms with Crippen LogP contribution in [0.15, 0.2) is 36.4 Å². The molecule has 0 aliphatic carbocycles. The van der Waals surface area contributed by atoms with Gasteiger partial charge in [-0.1, -0.05) is 25.1 Å². The van der Waals surface area contributed by atoms with Gasteiger partial charge in [-0.25, -0.2) is 4.98 Å². The number of rotatable bonds is 5. The summed E-state index contributed by atoms with van der Waals surface area (Å²) >= 11 is 0. The molecule has 2 aromatic carbocycles. The van der Waals surface area contributed by atoms with Crippen LogP contribution in [0.25, 0.3) is 21.8 Å². The molecule has 0 saturated carbocycles. The molecule has 0 bridgehead atoms. The minimum atomic E-state index is 0.468. The lowest BCUT2D eigenvalue weighted by atomic mass is 10.0. The number of hydrogen-bond donors (Lipinski definition) is 1. The highest BCUT2D eigenvalue weighted by Gasteiger charge is 2.20. The van der Waals surface area contributed by atoms with Crippen molar-refractivity contribution in [3.63, 3.8) is 0 Å². The lowest BCUT2D eigenvalue weighted by molar-refractivity contribution is 0.230. The van der Waals surface area contributed by atoms with Crippen LogP contribution in [0.1, 0.15) is 19.8 Å². The maximum absolute atomic E-state index is 5.54. The average Bonchev–Trinajstić information content (AvgIpc) is 2.73. The van der Waals surface area contributed by atoms with Gasteiger partial charge >= 0.3 is 0 Å². The smallest absolute Gasteiger partial charge is 0.162 e. The molecule has 1 aliphatic heterocycles. The maximum Gasteiger partial charge on any atom is 0.162 e. The van der Waals surface area contributed by atoms with Gasteiger partial charge in [-0.15, -0.1) is 0 Å². The highest BCUT2D eigenvalue weighted by Crippen LogP contribution is 2.38. The van der Waals surface area contributed by atoms with Gasteiger partial charge in [0.05, 0.1) is 30.9 Å². The van der Waals surface area contributed by atoms with E-state index in [1.165, 1.54) is 0 Å². The molecule has 1 fully saturated rings. The number of pyridine rings is 1. The molecule has 5 heteroatoms. The number of ether oxygens (including phenoxy) is 2. The zero-order chi connectivity index (χ0) is 18.8. The molecule has 1 N–H and O–H groups in total. The SMILES string of the molecule is CCN1CCC(Nc2c3ccccc3nc3cc(OC)c(OC)cc23)CC1. The molecule has 5 nitrogen and oxygen atoms in total. The Kier molecular flexibility index (Phi) is 5.03. The first-order chi connectivity index (χ1) is 13.2. The van der Waals surface area contributed by atoms with Crippen molar-refractivity contribution < 1.29 is 9.47 Å². The molecule has 0 spiro atoms. The highest BCUT2D eigenvalue weighted by atomic mass is 16.5. The quantitative estimate of drug-likeness (QED) is 0.683. The average molecular weight is 365 g/mol. The molecule has 142 valence electrons. The monoisotopic (exact) mass is 365 g/mol. The van der Waals surface area contributed by atoms with Gasteiger partial charge in [-0.2, -0.15) is 0 Å². The summed E-state index contributed by atoms with van der Waals surface area (Å²) in [6.07, 6.45) is 2.30.